The topological polar surface area (TPSA) is 87.9 Å². The van der Waals surface area contributed by atoms with Gasteiger partial charge in [0.05, 0.1) is 44.6 Å². The number of rotatable bonds is 11. The van der Waals surface area contributed by atoms with Gasteiger partial charge in [-0.15, -0.1) is 5.10 Å². The number of carbonyl (C=O) groups is 1. The quantitative estimate of drug-likeness (QED) is 0.327. The number of aromatic nitrogens is 3. The molecule has 1 saturated heterocycles. The molecule has 0 bridgehead atoms. The molecular weight excluding hydrogens is 508 g/mol. The molecule has 1 amide bonds. The van der Waals surface area contributed by atoms with Crippen LogP contribution < -0.4 is 14.2 Å². The summed E-state index contributed by atoms with van der Waals surface area (Å²) in [6.07, 6.45) is 4.40. The Balaban J connectivity index is 1.24. The summed E-state index contributed by atoms with van der Waals surface area (Å²) in [7, 11) is 5.00. The summed E-state index contributed by atoms with van der Waals surface area (Å²) in [4.78, 5) is 14.8. The molecule has 4 rings (SSSR count). The van der Waals surface area contributed by atoms with E-state index in [0.717, 1.165) is 24.8 Å². The molecule has 0 spiro atoms. The first-order valence-corrected chi connectivity index (χ1v) is 13.6. The van der Waals surface area contributed by atoms with Gasteiger partial charge in [-0.25, -0.2) is 4.68 Å². The molecule has 0 saturated carbocycles. The lowest BCUT2D eigenvalue weighted by molar-refractivity contribution is -0.139. The zero-order valence-corrected chi connectivity index (χ0v) is 23.9. The number of nitrogens with zero attached hydrogens (tertiary/aromatic N) is 4. The van der Waals surface area contributed by atoms with E-state index in [2.05, 4.69) is 29.1 Å². The van der Waals surface area contributed by atoms with Crippen LogP contribution in [0.15, 0.2) is 54.7 Å². The maximum Gasteiger partial charge on any atom is 0.228 e. The largest absolute Gasteiger partial charge is 0.493 e. The van der Waals surface area contributed by atoms with Crippen molar-refractivity contribution in [3.8, 4) is 29.1 Å². The number of ether oxygens (including phenoxy) is 4. The van der Waals surface area contributed by atoms with Crippen molar-refractivity contribution in [1.29, 1.82) is 0 Å². The molecule has 0 aliphatic carbocycles. The van der Waals surface area contributed by atoms with Gasteiger partial charge in [0.15, 0.2) is 17.2 Å². The van der Waals surface area contributed by atoms with Gasteiger partial charge in [0.2, 0.25) is 11.7 Å². The van der Waals surface area contributed by atoms with Gasteiger partial charge in [0.1, 0.15) is 6.61 Å². The van der Waals surface area contributed by atoms with Crippen LogP contribution in [0.25, 0.3) is 0 Å². The van der Waals surface area contributed by atoms with Gasteiger partial charge in [0.25, 0.3) is 0 Å². The summed E-state index contributed by atoms with van der Waals surface area (Å²) in [5.74, 6) is 7.57. The normalized spacial score (nSPS) is 17.8. The highest BCUT2D eigenvalue weighted by Gasteiger charge is 2.35. The van der Waals surface area contributed by atoms with E-state index in [0.29, 0.717) is 29.5 Å². The van der Waals surface area contributed by atoms with E-state index in [1.807, 2.05) is 61.2 Å². The monoisotopic (exact) mass is 546 g/mol. The number of para-hydroxylation sites is 1. The molecular formula is C31H38N4O5. The minimum absolute atomic E-state index is 0.0691. The molecule has 2 aromatic carbocycles. The number of amides is 1. The van der Waals surface area contributed by atoms with Gasteiger partial charge in [-0.1, -0.05) is 54.5 Å². The lowest BCUT2D eigenvalue weighted by atomic mass is 9.99. The molecule has 40 heavy (non-hydrogen) atoms. The van der Waals surface area contributed by atoms with Gasteiger partial charge < -0.3 is 23.8 Å². The van der Waals surface area contributed by atoms with Crippen molar-refractivity contribution in [1.82, 2.24) is 19.9 Å². The maximum absolute atomic E-state index is 13.0. The molecule has 0 N–H and O–H groups in total. The van der Waals surface area contributed by atoms with Crippen LogP contribution in [0.5, 0.6) is 17.2 Å². The number of benzene rings is 2. The van der Waals surface area contributed by atoms with Crippen molar-refractivity contribution in [3.63, 3.8) is 0 Å². The Hall–Kier alpha value is -4.03. The molecule has 4 atom stereocenters. The molecule has 0 unspecified atom stereocenters. The Kier molecular flexibility index (Phi) is 10.0. The molecule has 3 aromatic rings. The Morgan fingerprint density at radius 1 is 1.10 bits per heavy atom. The lowest BCUT2D eigenvalue weighted by Crippen LogP contribution is -2.37. The second-order valence-electron chi connectivity index (χ2n) is 10.1. The Labute approximate surface area is 236 Å². The predicted molar refractivity (Wildman–Crippen MR) is 151 cm³/mol. The van der Waals surface area contributed by atoms with E-state index in [9.17, 15) is 4.79 Å². The van der Waals surface area contributed by atoms with E-state index >= 15 is 0 Å². The standard InChI is InChI=1S/C31H38N4O5/c1-22(19-26-16-17-27(40-26)23(2)31(36)34(3)20-24-11-7-6-8-12-24)35-21-25(32-33-35)13-10-18-39-29-15-9-14-28(37-4)30(29)38-5/h6-9,11-12,14-15,21-23,26-27H,16-20H2,1-5H3/t22-,23-,26+,27-/m1/s1. The van der Waals surface area contributed by atoms with E-state index in [-0.39, 0.29) is 36.7 Å². The molecule has 0 radical (unpaired) electrons. The lowest BCUT2D eigenvalue weighted by Gasteiger charge is -2.26. The summed E-state index contributed by atoms with van der Waals surface area (Å²) >= 11 is 0. The highest BCUT2D eigenvalue weighted by atomic mass is 16.5. The van der Waals surface area contributed by atoms with E-state index in [1.54, 1.807) is 31.3 Å². The third-order valence-electron chi connectivity index (χ3n) is 7.18. The first-order valence-electron chi connectivity index (χ1n) is 13.6. The van der Waals surface area contributed by atoms with Crippen LogP contribution in [0.4, 0.5) is 0 Å². The van der Waals surface area contributed by atoms with Gasteiger partial charge in [-0.2, -0.15) is 0 Å². The van der Waals surface area contributed by atoms with Crippen molar-refractivity contribution in [2.24, 2.45) is 5.92 Å². The van der Waals surface area contributed by atoms with Crippen molar-refractivity contribution in [2.75, 3.05) is 27.9 Å². The first-order chi connectivity index (χ1) is 19.4. The number of hydrogen-bond acceptors (Lipinski definition) is 7. The van der Waals surface area contributed by atoms with Crippen LogP contribution in [0.1, 0.15) is 50.4 Å². The molecule has 1 fully saturated rings. The highest BCUT2D eigenvalue weighted by molar-refractivity contribution is 5.78. The van der Waals surface area contributed by atoms with Crippen molar-refractivity contribution in [2.45, 2.75) is 57.9 Å². The van der Waals surface area contributed by atoms with Crippen molar-refractivity contribution >= 4 is 5.91 Å². The summed E-state index contributed by atoms with van der Waals surface area (Å²) in [6, 6.07) is 15.5. The fourth-order valence-electron chi connectivity index (χ4n) is 4.97. The molecule has 9 nitrogen and oxygen atoms in total. The van der Waals surface area contributed by atoms with E-state index in [1.165, 1.54) is 0 Å². The molecule has 9 heteroatoms. The second kappa shape index (κ2) is 13.9. The minimum Gasteiger partial charge on any atom is -0.493 e. The summed E-state index contributed by atoms with van der Waals surface area (Å²) in [6.45, 7) is 4.82. The average molecular weight is 547 g/mol. The molecule has 212 valence electrons. The molecule has 1 aliphatic rings. The maximum atomic E-state index is 13.0. The van der Waals surface area contributed by atoms with Crippen LogP contribution >= 0.6 is 0 Å². The van der Waals surface area contributed by atoms with Gasteiger partial charge in [0, 0.05) is 13.6 Å². The van der Waals surface area contributed by atoms with Gasteiger partial charge in [-0.05, 0) is 49.8 Å². The molecule has 1 aromatic heterocycles. The average Bonchev–Trinajstić information content (AvgIpc) is 3.65. The number of methoxy groups -OCH3 is 2. The second-order valence-corrected chi connectivity index (χ2v) is 10.1. The van der Waals surface area contributed by atoms with E-state index < -0.39 is 0 Å². The fourth-order valence-corrected chi connectivity index (χ4v) is 4.97. The summed E-state index contributed by atoms with van der Waals surface area (Å²) in [5, 5.41) is 8.45. The van der Waals surface area contributed by atoms with Crippen LogP contribution in [0.3, 0.4) is 0 Å². The van der Waals surface area contributed by atoms with Crippen LogP contribution in [0.2, 0.25) is 0 Å². The third-order valence-corrected chi connectivity index (χ3v) is 7.18. The zero-order valence-electron chi connectivity index (χ0n) is 23.9. The van der Waals surface area contributed by atoms with Crippen LogP contribution in [0, 0.1) is 17.8 Å². The SMILES string of the molecule is COc1cccc(OCC#Cc2cn([C@H](C)C[C@@H]3CC[C@H]([C@@H](C)C(=O)N(C)Cc4ccccc4)O3)nn2)c1OC. The van der Waals surface area contributed by atoms with E-state index in [4.69, 9.17) is 18.9 Å². The number of carbonyl (C=O) groups excluding carboxylic acids is 1. The third kappa shape index (κ3) is 7.33. The van der Waals surface area contributed by atoms with Gasteiger partial charge in [-0.3, -0.25) is 4.79 Å². The Morgan fingerprint density at radius 2 is 1.88 bits per heavy atom. The van der Waals surface area contributed by atoms with Crippen molar-refractivity contribution in [3.05, 3.63) is 66.0 Å². The fraction of sp³-hybridized carbons (Fsp3) is 0.452. The van der Waals surface area contributed by atoms with Gasteiger partial charge >= 0.3 is 0 Å². The molecule has 2 heterocycles. The zero-order chi connectivity index (χ0) is 28.5. The highest BCUT2D eigenvalue weighted by Crippen LogP contribution is 2.36. The molecule has 1 aliphatic heterocycles. The van der Waals surface area contributed by atoms with Crippen LogP contribution in [-0.4, -0.2) is 65.9 Å². The minimum atomic E-state index is -0.193. The predicted octanol–water partition coefficient (Wildman–Crippen LogP) is 4.52. The first kappa shape index (κ1) is 29.0. The number of hydrogen-bond donors (Lipinski definition) is 0. The smallest absolute Gasteiger partial charge is 0.228 e. The Morgan fingerprint density at radius 3 is 2.62 bits per heavy atom. The van der Waals surface area contributed by atoms with Crippen molar-refractivity contribution < 1.29 is 23.7 Å². The summed E-state index contributed by atoms with van der Waals surface area (Å²) in [5.41, 5.74) is 1.69. The Bertz CT molecular complexity index is 1320. The van der Waals surface area contributed by atoms with Crippen LogP contribution in [-0.2, 0) is 16.1 Å². The summed E-state index contributed by atoms with van der Waals surface area (Å²) < 4.78 is 24.6.